The molecule has 0 saturated heterocycles. The zero-order chi connectivity index (χ0) is 22.9. The van der Waals surface area contributed by atoms with Crippen LogP contribution in [0.25, 0.3) is 11.1 Å². The standard InChI is InChI=1S/C28H24N2O3/c1-18-24(20-11-13-22(31)14-12-20)17-25(27(32)29-18)28(33)30-16-15-19-7-5-6-10-23(19)26(30)21-8-3-2-4-9-21/h2-14,17,26,31H,15-16H2,1H3,(H,29,32)/t26-/m1/s1. The van der Waals surface area contributed by atoms with Gasteiger partial charge in [-0.2, -0.15) is 0 Å². The van der Waals surface area contributed by atoms with Crippen molar-refractivity contribution in [3.8, 4) is 16.9 Å². The number of phenols is 1. The molecule has 0 fully saturated rings. The van der Waals surface area contributed by atoms with E-state index in [0.29, 0.717) is 12.2 Å². The first kappa shape index (κ1) is 20.8. The molecule has 1 aromatic heterocycles. The zero-order valence-electron chi connectivity index (χ0n) is 18.3. The van der Waals surface area contributed by atoms with Gasteiger partial charge in [0.25, 0.3) is 11.5 Å². The molecule has 5 rings (SSSR count). The van der Waals surface area contributed by atoms with Gasteiger partial charge in [-0.1, -0.05) is 66.7 Å². The van der Waals surface area contributed by atoms with E-state index in [1.807, 2.05) is 49.4 Å². The normalized spacial score (nSPS) is 15.2. The fourth-order valence-corrected chi connectivity index (χ4v) is 4.66. The maximum absolute atomic E-state index is 13.8. The molecule has 5 heteroatoms. The van der Waals surface area contributed by atoms with Gasteiger partial charge in [0, 0.05) is 17.8 Å². The van der Waals surface area contributed by atoms with Gasteiger partial charge < -0.3 is 15.0 Å². The van der Waals surface area contributed by atoms with Crippen LogP contribution in [0.2, 0.25) is 0 Å². The van der Waals surface area contributed by atoms with E-state index in [1.165, 1.54) is 5.56 Å². The molecule has 1 amide bonds. The maximum atomic E-state index is 13.8. The van der Waals surface area contributed by atoms with E-state index in [1.54, 1.807) is 35.2 Å². The summed E-state index contributed by atoms with van der Waals surface area (Å²) in [7, 11) is 0. The fourth-order valence-electron chi connectivity index (χ4n) is 4.66. The van der Waals surface area contributed by atoms with Crippen molar-refractivity contribution in [2.45, 2.75) is 19.4 Å². The number of hydrogen-bond donors (Lipinski definition) is 2. The van der Waals surface area contributed by atoms with Crippen LogP contribution in [0.1, 0.15) is 38.8 Å². The molecule has 0 aliphatic carbocycles. The lowest BCUT2D eigenvalue weighted by molar-refractivity contribution is 0.0692. The van der Waals surface area contributed by atoms with Crippen molar-refractivity contribution in [1.82, 2.24) is 9.88 Å². The van der Waals surface area contributed by atoms with Crippen LogP contribution in [0.15, 0.2) is 89.7 Å². The number of rotatable bonds is 3. The lowest BCUT2D eigenvalue weighted by Crippen LogP contribution is -2.42. The van der Waals surface area contributed by atoms with Gasteiger partial charge in [-0.25, -0.2) is 0 Å². The van der Waals surface area contributed by atoms with E-state index in [4.69, 9.17) is 0 Å². The number of pyridine rings is 1. The van der Waals surface area contributed by atoms with E-state index in [9.17, 15) is 14.7 Å². The van der Waals surface area contributed by atoms with Gasteiger partial charge in [0.05, 0.1) is 6.04 Å². The minimum absolute atomic E-state index is 0.115. The molecule has 2 N–H and O–H groups in total. The largest absolute Gasteiger partial charge is 0.508 e. The summed E-state index contributed by atoms with van der Waals surface area (Å²) in [5.41, 5.74) is 5.29. The summed E-state index contributed by atoms with van der Waals surface area (Å²) in [4.78, 5) is 31.4. The van der Waals surface area contributed by atoms with Crippen molar-refractivity contribution >= 4 is 5.91 Å². The molecule has 1 aliphatic rings. The summed E-state index contributed by atoms with van der Waals surface area (Å²) < 4.78 is 0. The second-order valence-corrected chi connectivity index (χ2v) is 8.36. The van der Waals surface area contributed by atoms with Crippen molar-refractivity contribution in [1.29, 1.82) is 0 Å². The molecular formula is C28H24N2O3. The van der Waals surface area contributed by atoms with Crippen LogP contribution in [-0.4, -0.2) is 27.4 Å². The monoisotopic (exact) mass is 436 g/mol. The summed E-state index contributed by atoms with van der Waals surface area (Å²) in [5.74, 6) is -0.130. The second-order valence-electron chi connectivity index (χ2n) is 8.36. The summed E-state index contributed by atoms with van der Waals surface area (Å²) in [6, 6.07) is 26.3. The molecule has 0 radical (unpaired) electrons. The fraction of sp³-hybridized carbons (Fsp3) is 0.143. The molecule has 0 spiro atoms. The Morgan fingerprint density at radius 3 is 2.42 bits per heavy atom. The second kappa shape index (κ2) is 8.43. The Morgan fingerprint density at radius 2 is 1.67 bits per heavy atom. The van der Waals surface area contributed by atoms with Crippen LogP contribution in [0.4, 0.5) is 0 Å². The predicted molar refractivity (Wildman–Crippen MR) is 128 cm³/mol. The van der Waals surface area contributed by atoms with Gasteiger partial charge in [0.1, 0.15) is 11.3 Å². The summed E-state index contributed by atoms with van der Waals surface area (Å²) >= 11 is 0. The number of aromatic amines is 1. The Bertz CT molecular complexity index is 1370. The number of nitrogens with zero attached hydrogens (tertiary/aromatic N) is 1. The number of phenolic OH excluding ortho intramolecular Hbond substituents is 1. The van der Waals surface area contributed by atoms with Crippen LogP contribution in [0.3, 0.4) is 0 Å². The number of benzene rings is 3. The highest BCUT2D eigenvalue weighted by atomic mass is 16.3. The highest BCUT2D eigenvalue weighted by Crippen LogP contribution is 2.36. The first-order valence-corrected chi connectivity index (χ1v) is 11.0. The topological polar surface area (TPSA) is 73.4 Å². The highest BCUT2D eigenvalue weighted by Gasteiger charge is 2.33. The van der Waals surface area contributed by atoms with E-state index in [0.717, 1.165) is 28.7 Å². The van der Waals surface area contributed by atoms with E-state index in [2.05, 4.69) is 17.1 Å². The van der Waals surface area contributed by atoms with Crippen LogP contribution in [-0.2, 0) is 6.42 Å². The Labute approximate surface area is 192 Å². The lowest BCUT2D eigenvalue weighted by Gasteiger charge is -2.37. The minimum Gasteiger partial charge on any atom is -0.508 e. The van der Waals surface area contributed by atoms with Gasteiger partial charge in [-0.05, 0) is 53.8 Å². The quantitative estimate of drug-likeness (QED) is 0.482. The number of amides is 1. The Morgan fingerprint density at radius 1 is 0.970 bits per heavy atom. The van der Waals surface area contributed by atoms with Gasteiger partial charge in [-0.15, -0.1) is 0 Å². The number of hydrogen-bond acceptors (Lipinski definition) is 3. The number of aromatic hydroxyl groups is 1. The lowest BCUT2D eigenvalue weighted by atomic mass is 9.87. The number of aromatic nitrogens is 1. The smallest absolute Gasteiger partial charge is 0.261 e. The number of H-pyrrole nitrogens is 1. The third kappa shape index (κ3) is 3.82. The molecular weight excluding hydrogens is 412 g/mol. The van der Waals surface area contributed by atoms with Gasteiger partial charge >= 0.3 is 0 Å². The SMILES string of the molecule is Cc1[nH]c(=O)c(C(=O)N2CCc3ccccc3[C@H]2c2ccccc2)cc1-c1ccc(O)cc1. The first-order chi connectivity index (χ1) is 16.0. The molecule has 4 aromatic rings. The minimum atomic E-state index is -0.398. The molecule has 164 valence electrons. The van der Waals surface area contributed by atoms with Crippen LogP contribution >= 0.6 is 0 Å². The van der Waals surface area contributed by atoms with Gasteiger partial charge in [0.2, 0.25) is 0 Å². The molecule has 1 atom stereocenters. The number of carbonyl (C=O) groups excluding carboxylic acids is 1. The van der Waals surface area contributed by atoms with Crippen molar-refractivity contribution < 1.29 is 9.90 Å². The third-order valence-corrected chi connectivity index (χ3v) is 6.31. The zero-order valence-corrected chi connectivity index (χ0v) is 18.3. The van der Waals surface area contributed by atoms with Crippen LogP contribution in [0.5, 0.6) is 5.75 Å². The Balaban J connectivity index is 1.61. The van der Waals surface area contributed by atoms with Gasteiger partial charge in [0.15, 0.2) is 0 Å². The molecule has 2 heterocycles. The summed E-state index contributed by atoms with van der Waals surface area (Å²) in [6.07, 6.45) is 0.736. The number of fused-ring (bicyclic) bond motifs is 1. The van der Waals surface area contributed by atoms with E-state index < -0.39 is 5.56 Å². The van der Waals surface area contributed by atoms with Crippen molar-refractivity contribution in [3.05, 3.63) is 123 Å². The molecule has 0 unspecified atom stereocenters. The Kier molecular flexibility index (Phi) is 5.31. The predicted octanol–water partition coefficient (Wildman–Crippen LogP) is 4.84. The molecule has 0 saturated carbocycles. The average molecular weight is 437 g/mol. The van der Waals surface area contributed by atoms with Crippen molar-refractivity contribution in [3.63, 3.8) is 0 Å². The molecule has 3 aromatic carbocycles. The van der Waals surface area contributed by atoms with Crippen LogP contribution in [0, 0.1) is 6.92 Å². The van der Waals surface area contributed by atoms with Gasteiger partial charge in [-0.3, -0.25) is 9.59 Å². The van der Waals surface area contributed by atoms with E-state index >= 15 is 0 Å². The number of aryl methyl sites for hydroxylation is 1. The average Bonchev–Trinajstić information content (AvgIpc) is 2.84. The van der Waals surface area contributed by atoms with Crippen molar-refractivity contribution in [2.24, 2.45) is 0 Å². The maximum Gasteiger partial charge on any atom is 0.261 e. The van der Waals surface area contributed by atoms with Crippen LogP contribution < -0.4 is 5.56 Å². The van der Waals surface area contributed by atoms with E-state index in [-0.39, 0.29) is 23.3 Å². The molecule has 1 aliphatic heterocycles. The summed E-state index contributed by atoms with van der Waals surface area (Å²) in [6.45, 7) is 2.33. The molecule has 33 heavy (non-hydrogen) atoms. The number of carbonyl (C=O) groups is 1. The number of nitrogens with one attached hydrogen (secondary N) is 1. The third-order valence-electron chi connectivity index (χ3n) is 6.31. The summed E-state index contributed by atoms with van der Waals surface area (Å²) in [5, 5.41) is 9.63. The van der Waals surface area contributed by atoms with Crippen molar-refractivity contribution in [2.75, 3.05) is 6.54 Å². The Hall–Kier alpha value is -4.12. The highest BCUT2D eigenvalue weighted by molar-refractivity contribution is 5.96. The first-order valence-electron chi connectivity index (χ1n) is 11.0. The molecule has 5 nitrogen and oxygen atoms in total. The molecule has 0 bridgehead atoms.